The topological polar surface area (TPSA) is 30.5 Å². The average Bonchev–Trinajstić information content (AvgIpc) is 2.68. The standard InChI is InChI=1S/C17H27NO2/c1-5-18-16-15(9-10-17(16,2)3)20-14-8-6-7-13(11-14)12-19-4/h6-8,11,15-16,18H,5,9-10,12H2,1-4H3. The van der Waals surface area contributed by atoms with Gasteiger partial charge in [-0.3, -0.25) is 0 Å². The van der Waals surface area contributed by atoms with E-state index in [1.54, 1.807) is 7.11 Å². The Labute approximate surface area is 122 Å². The Balaban J connectivity index is 2.07. The third-order valence-corrected chi connectivity index (χ3v) is 4.21. The summed E-state index contributed by atoms with van der Waals surface area (Å²) in [6.45, 7) is 8.42. The summed E-state index contributed by atoms with van der Waals surface area (Å²) in [4.78, 5) is 0. The number of methoxy groups -OCH3 is 1. The Bertz CT molecular complexity index is 431. The molecule has 1 aliphatic carbocycles. The van der Waals surface area contributed by atoms with Gasteiger partial charge in [0.1, 0.15) is 11.9 Å². The van der Waals surface area contributed by atoms with Gasteiger partial charge in [-0.1, -0.05) is 32.9 Å². The quantitative estimate of drug-likeness (QED) is 0.864. The molecule has 3 heteroatoms. The van der Waals surface area contributed by atoms with Crippen molar-refractivity contribution in [3.63, 3.8) is 0 Å². The molecule has 1 N–H and O–H groups in total. The van der Waals surface area contributed by atoms with Crippen LogP contribution in [0, 0.1) is 5.41 Å². The van der Waals surface area contributed by atoms with Crippen LogP contribution in [0.3, 0.4) is 0 Å². The number of hydrogen-bond donors (Lipinski definition) is 1. The summed E-state index contributed by atoms with van der Waals surface area (Å²) in [5, 5.41) is 3.60. The van der Waals surface area contributed by atoms with Crippen LogP contribution < -0.4 is 10.1 Å². The van der Waals surface area contributed by atoms with Gasteiger partial charge in [0.25, 0.3) is 0 Å². The van der Waals surface area contributed by atoms with Crippen LogP contribution >= 0.6 is 0 Å². The van der Waals surface area contributed by atoms with E-state index in [0.29, 0.717) is 18.1 Å². The van der Waals surface area contributed by atoms with Crippen molar-refractivity contribution < 1.29 is 9.47 Å². The maximum absolute atomic E-state index is 6.25. The van der Waals surface area contributed by atoms with Crippen LogP contribution in [0.2, 0.25) is 0 Å². The summed E-state index contributed by atoms with van der Waals surface area (Å²) in [6.07, 6.45) is 2.56. The molecule has 0 saturated heterocycles. The summed E-state index contributed by atoms with van der Waals surface area (Å²) in [6, 6.07) is 8.63. The lowest BCUT2D eigenvalue weighted by atomic mass is 9.87. The average molecular weight is 277 g/mol. The molecule has 1 fully saturated rings. The minimum absolute atomic E-state index is 0.253. The van der Waals surface area contributed by atoms with Crippen LogP contribution in [0.15, 0.2) is 24.3 Å². The lowest BCUT2D eigenvalue weighted by molar-refractivity contribution is 0.140. The van der Waals surface area contributed by atoms with Crippen molar-refractivity contribution >= 4 is 0 Å². The highest BCUT2D eigenvalue weighted by molar-refractivity contribution is 5.28. The highest BCUT2D eigenvalue weighted by Gasteiger charge is 2.42. The number of rotatable bonds is 6. The van der Waals surface area contributed by atoms with Crippen molar-refractivity contribution in [3.05, 3.63) is 29.8 Å². The first-order valence-corrected chi connectivity index (χ1v) is 7.54. The monoisotopic (exact) mass is 277 g/mol. The van der Waals surface area contributed by atoms with Crippen LogP contribution in [-0.4, -0.2) is 25.8 Å². The summed E-state index contributed by atoms with van der Waals surface area (Å²) in [5.74, 6) is 0.949. The van der Waals surface area contributed by atoms with E-state index in [4.69, 9.17) is 9.47 Å². The number of likely N-dealkylation sites (N-methyl/N-ethyl adjacent to an activating group) is 1. The van der Waals surface area contributed by atoms with Gasteiger partial charge in [0.05, 0.1) is 6.61 Å². The number of benzene rings is 1. The van der Waals surface area contributed by atoms with Crippen LogP contribution in [0.5, 0.6) is 5.75 Å². The fraction of sp³-hybridized carbons (Fsp3) is 0.647. The van der Waals surface area contributed by atoms with Crippen LogP contribution in [0.1, 0.15) is 39.2 Å². The first-order valence-electron chi connectivity index (χ1n) is 7.54. The van der Waals surface area contributed by atoms with Crippen LogP contribution in [0.4, 0.5) is 0 Å². The van der Waals surface area contributed by atoms with Gasteiger partial charge in [0.15, 0.2) is 0 Å². The molecule has 20 heavy (non-hydrogen) atoms. The van der Waals surface area contributed by atoms with Gasteiger partial charge in [-0.25, -0.2) is 0 Å². The first-order chi connectivity index (χ1) is 9.56. The Morgan fingerprint density at radius 3 is 2.85 bits per heavy atom. The molecule has 1 saturated carbocycles. The molecule has 2 atom stereocenters. The lowest BCUT2D eigenvalue weighted by Crippen LogP contribution is -2.46. The zero-order valence-corrected chi connectivity index (χ0v) is 13.1. The minimum Gasteiger partial charge on any atom is -0.489 e. The number of hydrogen-bond acceptors (Lipinski definition) is 3. The van der Waals surface area contributed by atoms with Crippen LogP contribution in [0.25, 0.3) is 0 Å². The molecular formula is C17H27NO2. The largest absolute Gasteiger partial charge is 0.489 e. The van der Waals surface area contributed by atoms with Crippen molar-refractivity contribution in [3.8, 4) is 5.75 Å². The lowest BCUT2D eigenvalue weighted by Gasteiger charge is -2.31. The first kappa shape index (κ1) is 15.3. The van der Waals surface area contributed by atoms with Crippen molar-refractivity contribution in [2.75, 3.05) is 13.7 Å². The van der Waals surface area contributed by atoms with Crippen molar-refractivity contribution in [1.29, 1.82) is 0 Å². The highest BCUT2D eigenvalue weighted by atomic mass is 16.5. The van der Waals surface area contributed by atoms with Gasteiger partial charge >= 0.3 is 0 Å². The maximum atomic E-state index is 6.25. The fourth-order valence-electron chi connectivity index (χ4n) is 3.14. The predicted molar refractivity (Wildman–Crippen MR) is 82.1 cm³/mol. The molecule has 0 spiro atoms. The third-order valence-electron chi connectivity index (χ3n) is 4.21. The normalized spacial score (nSPS) is 24.8. The molecule has 1 aromatic carbocycles. The van der Waals surface area contributed by atoms with Crippen LogP contribution in [-0.2, 0) is 11.3 Å². The molecule has 0 amide bonds. The molecular weight excluding hydrogens is 250 g/mol. The summed E-state index contributed by atoms with van der Waals surface area (Å²) >= 11 is 0. The maximum Gasteiger partial charge on any atom is 0.120 e. The Morgan fingerprint density at radius 1 is 1.35 bits per heavy atom. The second-order valence-electron chi connectivity index (χ2n) is 6.30. The van der Waals surface area contributed by atoms with E-state index in [-0.39, 0.29) is 6.10 Å². The van der Waals surface area contributed by atoms with E-state index >= 15 is 0 Å². The second kappa shape index (κ2) is 6.59. The van der Waals surface area contributed by atoms with E-state index < -0.39 is 0 Å². The summed E-state index contributed by atoms with van der Waals surface area (Å²) in [5.41, 5.74) is 1.45. The SMILES string of the molecule is CCNC1C(Oc2cccc(COC)c2)CCC1(C)C. The van der Waals surface area contributed by atoms with E-state index in [2.05, 4.69) is 38.2 Å². The molecule has 3 nitrogen and oxygen atoms in total. The number of ether oxygens (including phenoxy) is 2. The molecule has 2 rings (SSSR count). The third kappa shape index (κ3) is 3.53. The molecule has 0 aromatic heterocycles. The number of nitrogens with one attached hydrogen (secondary N) is 1. The van der Waals surface area contributed by atoms with Gasteiger partial charge in [-0.15, -0.1) is 0 Å². The highest BCUT2D eigenvalue weighted by Crippen LogP contribution is 2.39. The molecule has 112 valence electrons. The second-order valence-corrected chi connectivity index (χ2v) is 6.30. The minimum atomic E-state index is 0.253. The van der Waals surface area contributed by atoms with Crippen molar-refractivity contribution in [1.82, 2.24) is 5.32 Å². The Kier molecular flexibility index (Phi) is 5.06. The molecule has 0 aliphatic heterocycles. The van der Waals surface area contributed by atoms with Gasteiger partial charge < -0.3 is 14.8 Å². The Hall–Kier alpha value is -1.06. The van der Waals surface area contributed by atoms with Crippen molar-refractivity contribution in [2.45, 2.75) is 52.4 Å². The zero-order chi connectivity index (χ0) is 14.6. The summed E-state index contributed by atoms with van der Waals surface area (Å²) in [7, 11) is 1.72. The molecule has 0 heterocycles. The molecule has 1 aliphatic rings. The molecule has 0 bridgehead atoms. The van der Waals surface area contributed by atoms with E-state index in [1.165, 1.54) is 6.42 Å². The smallest absolute Gasteiger partial charge is 0.120 e. The van der Waals surface area contributed by atoms with E-state index in [0.717, 1.165) is 24.3 Å². The van der Waals surface area contributed by atoms with Gasteiger partial charge in [0.2, 0.25) is 0 Å². The van der Waals surface area contributed by atoms with Gasteiger partial charge in [0, 0.05) is 13.2 Å². The molecule has 1 aromatic rings. The fourth-order valence-corrected chi connectivity index (χ4v) is 3.14. The van der Waals surface area contributed by atoms with Crippen molar-refractivity contribution in [2.24, 2.45) is 5.41 Å². The zero-order valence-electron chi connectivity index (χ0n) is 13.1. The molecule has 2 unspecified atom stereocenters. The van der Waals surface area contributed by atoms with E-state index in [1.807, 2.05) is 12.1 Å². The van der Waals surface area contributed by atoms with Gasteiger partial charge in [-0.2, -0.15) is 0 Å². The van der Waals surface area contributed by atoms with Gasteiger partial charge in [-0.05, 0) is 42.5 Å². The van der Waals surface area contributed by atoms with E-state index in [9.17, 15) is 0 Å². The summed E-state index contributed by atoms with van der Waals surface area (Å²) < 4.78 is 11.4. The predicted octanol–water partition coefficient (Wildman–Crippen LogP) is 3.38. The molecule has 0 radical (unpaired) electrons. The Morgan fingerprint density at radius 2 is 2.15 bits per heavy atom.